The van der Waals surface area contributed by atoms with Gasteiger partial charge < -0.3 is 4.74 Å². The molecule has 0 aromatic rings. The Morgan fingerprint density at radius 1 is 1.50 bits per heavy atom. The number of carbonyl (C=O) groups excluding carboxylic acids is 1. The van der Waals surface area contributed by atoms with Crippen molar-refractivity contribution in [2.75, 3.05) is 7.11 Å². The van der Waals surface area contributed by atoms with Crippen LogP contribution in [0.2, 0.25) is 0 Å². The van der Waals surface area contributed by atoms with E-state index in [4.69, 9.17) is 4.74 Å². The van der Waals surface area contributed by atoms with Gasteiger partial charge >= 0.3 is 5.97 Å². The summed E-state index contributed by atoms with van der Waals surface area (Å²) in [6.07, 6.45) is 8.49. The fourth-order valence-corrected chi connectivity index (χ4v) is 6.15. The van der Waals surface area contributed by atoms with E-state index in [1.165, 1.54) is 51.2 Å². The first kappa shape index (κ1) is 11.1. The molecule has 4 aliphatic carbocycles. The molecule has 0 unspecified atom stereocenters. The van der Waals surface area contributed by atoms with E-state index in [0.29, 0.717) is 17.3 Å². The summed E-state index contributed by atoms with van der Waals surface area (Å²) >= 11 is 0. The fourth-order valence-electron chi connectivity index (χ4n) is 6.15. The second-order valence-corrected chi connectivity index (χ2v) is 7.12. The predicted octanol–water partition coefficient (Wildman–Crippen LogP) is 3.32. The molecule has 18 heavy (non-hydrogen) atoms. The number of ether oxygens (including phenoxy) is 1. The third-order valence-corrected chi connectivity index (χ3v) is 6.94. The molecule has 1 spiro atoms. The third-order valence-electron chi connectivity index (χ3n) is 6.94. The molecule has 4 fully saturated rings. The highest BCUT2D eigenvalue weighted by atomic mass is 16.5. The molecule has 0 N–H and O–H groups in total. The fraction of sp³-hybridized carbons (Fsp3) is 0.812. The first-order valence-electron chi connectivity index (χ1n) is 7.37. The smallest absolute Gasteiger partial charge is 0.306 e. The van der Waals surface area contributed by atoms with Crippen LogP contribution in [-0.4, -0.2) is 13.1 Å². The minimum atomic E-state index is 0.0142. The summed E-state index contributed by atoms with van der Waals surface area (Å²) in [6, 6.07) is 0. The monoisotopic (exact) mass is 246 g/mol. The van der Waals surface area contributed by atoms with Crippen LogP contribution in [0, 0.1) is 28.6 Å². The summed E-state index contributed by atoms with van der Waals surface area (Å²) in [5.74, 6) is 2.41. The van der Waals surface area contributed by atoms with E-state index in [9.17, 15) is 4.79 Å². The molecule has 0 aliphatic heterocycles. The van der Waals surface area contributed by atoms with Crippen LogP contribution in [0.25, 0.3) is 0 Å². The van der Waals surface area contributed by atoms with Crippen molar-refractivity contribution in [3.8, 4) is 0 Å². The van der Waals surface area contributed by atoms with E-state index < -0.39 is 0 Å². The Labute approximate surface area is 109 Å². The summed E-state index contributed by atoms with van der Waals surface area (Å²) in [7, 11) is 1.53. The van der Waals surface area contributed by atoms with Gasteiger partial charge in [-0.25, -0.2) is 0 Å². The van der Waals surface area contributed by atoms with Gasteiger partial charge in [0.25, 0.3) is 0 Å². The number of fused-ring (bicyclic) bond motifs is 2. The van der Waals surface area contributed by atoms with Gasteiger partial charge in [0.15, 0.2) is 0 Å². The average molecular weight is 246 g/mol. The lowest BCUT2D eigenvalue weighted by Crippen LogP contribution is -2.22. The minimum Gasteiger partial charge on any atom is -0.469 e. The zero-order valence-corrected chi connectivity index (χ0v) is 11.2. The zero-order chi connectivity index (χ0) is 12.5. The van der Waals surface area contributed by atoms with Gasteiger partial charge in [-0.15, -0.1) is 0 Å². The molecule has 0 radical (unpaired) electrons. The van der Waals surface area contributed by atoms with Gasteiger partial charge in [0.05, 0.1) is 13.5 Å². The number of methoxy groups -OCH3 is 1. The Morgan fingerprint density at radius 3 is 3.11 bits per heavy atom. The molecule has 0 amide bonds. The number of hydrogen-bond acceptors (Lipinski definition) is 2. The Kier molecular flexibility index (Phi) is 1.97. The second-order valence-electron chi connectivity index (χ2n) is 7.12. The van der Waals surface area contributed by atoms with Crippen molar-refractivity contribution in [2.45, 2.75) is 44.9 Å². The van der Waals surface area contributed by atoms with Crippen LogP contribution in [0.4, 0.5) is 0 Å². The molecule has 0 heterocycles. The summed E-state index contributed by atoms with van der Waals surface area (Å²) < 4.78 is 4.95. The lowest BCUT2D eigenvalue weighted by molar-refractivity contribution is -0.142. The number of esters is 1. The Morgan fingerprint density at radius 2 is 2.33 bits per heavy atom. The summed E-state index contributed by atoms with van der Waals surface area (Å²) in [4.78, 5) is 11.8. The van der Waals surface area contributed by atoms with Gasteiger partial charge in [0.2, 0.25) is 0 Å². The largest absolute Gasteiger partial charge is 0.469 e. The van der Waals surface area contributed by atoms with Crippen molar-refractivity contribution in [1.82, 2.24) is 0 Å². The van der Waals surface area contributed by atoms with Crippen LogP contribution in [-0.2, 0) is 9.53 Å². The molecular formula is C16H22O2. The van der Waals surface area contributed by atoms with Gasteiger partial charge in [0.1, 0.15) is 0 Å². The van der Waals surface area contributed by atoms with Crippen molar-refractivity contribution >= 4 is 5.97 Å². The number of carbonyl (C=O) groups is 1. The molecule has 0 aromatic carbocycles. The van der Waals surface area contributed by atoms with Gasteiger partial charge in [0, 0.05) is 0 Å². The number of rotatable bonds is 2. The average Bonchev–Trinajstić information content (AvgIpc) is 2.76. The summed E-state index contributed by atoms with van der Waals surface area (Å²) in [6.45, 7) is 4.33. The lowest BCUT2D eigenvalue weighted by atomic mass is 9.80. The van der Waals surface area contributed by atoms with Crippen LogP contribution in [0.5, 0.6) is 0 Å². The van der Waals surface area contributed by atoms with Crippen LogP contribution in [0.3, 0.4) is 0 Å². The van der Waals surface area contributed by atoms with Crippen LogP contribution < -0.4 is 0 Å². The lowest BCUT2D eigenvalue weighted by Gasteiger charge is -2.25. The van der Waals surface area contributed by atoms with E-state index in [0.717, 1.165) is 17.8 Å². The van der Waals surface area contributed by atoms with Crippen LogP contribution in [0.15, 0.2) is 12.2 Å². The summed E-state index contributed by atoms with van der Waals surface area (Å²) in [5, 5.41) is 0. The highest BCUT2D eigenvalue weighted by molar-refractivity contribution is 5.71. The van der Waals surface area contributed by atoms with E-state index in [1.807, 2.05) is 0 Å². The van der Waals surface area contributed by atoms with Crippen LogP contribution in [0.1, 0.15) is 44.9 Å². The second kappa shape index (κ2) is 3.20. The molecule has 4 rings (SSSR count). The third kappa shape index (κ3) is 1.05. The van der Waals surface area contributed by atoms with Gasteiger partial charge in [-0.3, -0.25) is 4.79 Å². The SMILES string of the molecule is C=C1CC[C@H]2C[C@@H]3[C@H]1CC[C@@]31C[C@@]21CC(=O)OC. The quantitative estimate of drug-likeness (QED) is 0.552. The number of allylic oxidation sites excluding steroid dienone is 1. The highest BCUT2D eigenvalue weighted by Gasteiger charge is 2.80. The molecule has 2 bridgehead atoms. The molecule has 98 valence electrons. The molecule has 0 aromatic heterocycles. The van der Waals surface area contributed by atoms with Crippen molar-refractivity contribution in [1.29, 1.82) is 0 Å². The topological polar surface area (TPSA) is 26.3 Å². The molecule has 4 aliphatic rings. The van der Waals surface area contributed by atoms with E-state index in [-0.39, 0.29) is 5.97 Å². The van der Waals surface area contributed by atoms with E-state index >= 15 is 0 Å². The maximum Gasteiger partial charge on any atom is 0.306 e. The molecule has 0 saturated heterocycles. The number of hydrogen-bond donors (Lipinski definition) is 0. The Bertz CT molecular complexity index is 440. The minimum absolute atomic E-state index is 0.0142. The first-order valence-corrected chi connectivity index (χ1v) is 7.37. The van der Waals surface area contributed by atoms with Crippen molar-refractivity contribution in [3.05, 3.63) is 12.2 Å². The van der Waals surface area contributed by atoms with E-state index in [1.54, 1.807) is 0 Å². The highest BCUT2D eigenvalue weighted by Crippen LogP contribution is 2.86. The molecule has 4 saturated carbocycles. The molecule has 2 heteroatoms. The van der Waals surface area contributed by atoms with Crippen LogP contribution >= 0.6 is 0 Å². The standard InChI is InChI=1S/C16H22O2/c1-10-3-4-11-7-13-12(10)5-6-15(13)9-16(11,15)8-14(17)18-2/h11-13H,1,3-9H2,2H3/t11-,12-,13+,15+,16-/m0/s1. The Balaban J connectivity index is 1.70. The maximum atomic E-state index is 11.8. The predicted molar refractivity (Wildman–Crippen MR) is 68.8 cm³/mol. The van der Waals surface area contributed by atoms with Crippen molar-refractivity contribution < 1.29 is 9.53 Å². The first-order chi connectivity index (χ1) is 8.63. The van der Waals surface area contributed by atoms with Gasteiger partial charge in [-0.1, -0.05) is 12.2 Å². The van der Waals surface area contributed by atoms with E-state index in [2.05, 4.69) is 6.58 Å². The molecule has 2 nitrogen and oxygen atoms in total. The molecule has 5 atom stereocenters. The van der Waals surface area contributed by atoms with Crippen molar-refractivity contribution in [2.24, 2.45) is 28.6 Å². The zero-order valence-electron chi connectivity index (χ0n) is 11.2. The van der Waals surface area contributed by atoms with Gasteiger partial charge in [-0.05, 0) is 67.1 Å². The Hall–Kier alpha value is -0.790. The normalized spacial score (nSPS) is 51.8. The summed E-state index contributed by atoms with van der Waals surface area (Å²) in [5.41, 5.74) is 2.36. The maximum absolute atomic E-state index is 11.8. The molecular weight excluding hydrogens is 224 g/mol. The van der Waals surface area contributed by atoms with Gasteiger partial charge in [-0.2, -0.15) is 0 Å². The van der Waals surface area contributed by atoms with Crippen molar-refractivity contribution in [3.63, 3.8) is 0 Å².